The number of rotatable bonds is 5. The number of ketones is 1. The first kappa shape index (κ1) is 15.3. The third-order valence-electron chi connectivity index (χ3n) is 2.69. The molecule has 6 heteroatoms. The molecule has 0 saturated carbocycles. The van der Waals surface area contributed by atoms with Gasteiger partial charge in [-0.05, 0) is 19.1 Å². The molecule has 1 atom stereocenters. The van der Waals surface area contributed by atoms with Crippen LogP contribution in [-0.4, -0.2) is 21.2 Å². The standard InChI is InChI=1S/C14H15BrN2O2S/c1-8(2)13-16-17-14(19-13)20-9(3)12(18)10-4-6-11(15)7-5-10/h4-9H,1-3H3. The SMILES string of the molecule is CC(Sc1nnc(C(C)C)o1)C(=O)c1ccc(Br)cc1. The summed E-state index contributed by atoms with van der Waals surface area (Å²) < 4.78 is 6.45. The van der Waals surface area contributed by atoms with Crippen LogP contribution in [0.2, 0.25) is 0 Å². The number of halogens is 1. The zero-order valence-electron chi connectivity index (χ0n) is 11.5. The Morgan fingerprint density at radius 3 is 2.40 bits per heavy atom. The Morgan fingerprint density at radius 2 is 1.85 bits per heavy atom. The number of nitrogens with zero attached hydrogens (tertiary/aromatic N) is 2. The molecular weight excluding hydrogens is 340 g/mol. The molecule has 0 radical (unpaired) electrons. The molecule has 0 aliphatic carbocycles. The largest absolute Gasteiger partial charge is 0.416 e. The number of thioether (sulfide) groups is 1. The Balaban J connectivity index is 2.05. The van der Waals surface area contributed by atoms with E-state index < -0.39 is 0 Å². The first-order chi connectivity index (χ1) is 9.47. The number of aromatic nitrogens is 2. The van der Waals surface area contributed by atoms with Crippen molar-refractivity contribution in [3.63, 3.8) is 0 Å². The van der Waals surface area contributed by atoms with Gasteiger partial charge in [-0.2, -0.15) is 0 Å². The van der Waals surface area contributed by atoms with Crippen molar-refractivity contribution < 1.29 is 9.21 Å². The molecule has 0 aliphatic heterocycles. The fourth-order valence-corrected chi connectivity index (χ4v) is 2.59. The maximum absolute atomic E-state index is 12.3. The van der Waals surface area contributed by atoms with Gasteiger partial charge in [0, 0.05) is 16.0 Å². The minimum atomic E-state index is -0.267. The van der Waals surface area contributed by atoms with E-state index in [0.717, 1.165) is 4.47 Å². The van der Waals surface area contributed by atoms with Crippen molar-refractivity contribution in [3.8, 4) is 0 Å². The first-order valence-corrected chi connectivity index (χ1v) is 7.94. The molecule has 2 aromatic rings. The summed E-state index contributed by atoms with van der Waals surface area (Å²) in [6.07, 6.45) is 0. The van der Waals surface area contributed by atoms with Crippen LogP contribution < -0.4 is 0 Å². The predicted molar refractivity (Wildman–Crippen MR) is 82.2 cm³/mol. The molecular formula is C14H15BrN2O2S. The van der Waals surface area contributed by atoms with Gasteiger partial charge in [-0.1, -0.05) is 53.7 Å². The van der Waals surface area contributed by atoms with Crippen molar-refractivity contribution in [3.05, 3.63) is 40.2 Å². The average molecular weight is 355 g/mol. The van der Waals surface area contributed by atoms with Crippen LogP contribution in [0.4, 0.5) is 0 Å². The number of Topliss-reactive ketones (excluding diaryl/α,β-unsaturated/α-hetero) is 1. The van der Waals surface area contributed by atoms with E-state index >= 15 is 0 Å². The normalized spacial score (nSPS) is 12.7. The van der Waals surface area contributed by atoms with E-state index in [1.165, 1.54) is 11.8 Å². The molecule has 2 rings (SSSR count). The lowest BCUT2D eigenvalue weighted by Gasteiger charge is -2.07. The molecule has 0 fully saturated rings. The van der Waals surface area contributed by atoms with Crippen LogP contribution in [0.5, 0.6) is 0 Å². The number of carbonyl (C=O) groups excluding carboxylic acids is 1. The second kappa shape index (κ2) is 6.54. The summed E-state index contributed by atoms with van der Waals surface area (Å²) >= 11 is 4.64. The molecule has 4 nitrogen and oxygen atoms in total. The van der Waals surface area contributed by atoms with Crippen molar-refractivity contribution in [2.75, 3.05) is 0 Å². The summed E-state index contributed by atoms with van der Waals surface area (Å²) in [7, 11) is 0. The zero-order chi connectivity index (χ0) is 14.7. The molecule has 1 aromatic carbocycles. The molecule has 1 unspecified atom stereocenters. The van der Waals surface area contributed by atoms with Crippen molar-refractivity contribution in [2.45, 2.75) is 37.2 Å². The molecule has 0 spiro atoms. The summed E-state index contributed by atoms with van der Waals surface area (Å²) in [4.78, 5) is 12.3. The lowest BCUT2D eigenvalue weighted by molar-refractivity contribution is 0.0993. The van der Waals surface area contributed by atoms with Gasteiger partial charge in [-0.25, -0.2) is 0 Å². The molecule has 0 saturated heterocycles. The lowest BCUT2D eigenvalue weighted by atomic mass is 10.1. The predicted octanol–water partition coefficient (Wildman–Crippen LogP) is 4.32. The van der Waals surface area contributed by atoms with E-state index in [1.807, 2.05) is 32.9 Å². The maximum Gasteiger partial charge on any atom is 0.277 e. The zero-order valence-corrected chi connectivity index (χ0v) is 13.9. The van der Waals surface area contributed by atoms with Crippen LogP contribution in [-0.2, 0) is 0 Å². The Bertz CT molecular complexity index is 595. The van der Waals surface area contributed by atoms with Crippen molar-refractivity contribution in [2.24, 2.45) is 0 Å². The van der Waals surface area contributed by atoms with E-state index in [0.29, 0.717) is 16.7 Å². The Kier molecular flexibility index (Phi) is 4.99. The highest BCUT2D eigenvalue weighted by atomic mass is 79.9. The fraction of sp³-hybridized carbons (Fsp3) is 0.357. The van der Waals surface area contributed by atoms with Crippen LogP contribution >= 0.6 is 27.7 Å². The van der Waals surface area contributed by atoms with Crippen molar-refractivity contribution in [1.29, 1.82) is 0 Å². The fourth-order valence-electron chi connectivity index (χ4n) is 1.55. The summed E-state index contributed by atoms with van der Waals surface area (Å²) in [5.74, 6) is 0.830. The van der Waals surface area contributed by atoms with Gasteiger partial charge in [0.15, 0.2) is 5.78 Å². The molecule has 1 heterocycles. The maximum atomic E-state index is 12.3. The summed E-state index contributed by atoms with van der Waals surface area (Å²) in [6.45, 7) is 5.81. The van der Waals surface area contributed by atoms with Gasteiger partial charge >= 0.3 is 0 Å². The summed E-state index contributed by atoms with van der Waals surface area (Å²) in [5.41, 5.74) is 0.678. The van der Waals surface area contributed by atoms with E-state index in [9.17, 15) is 4.79 Å². The smallest absolute Gasteiger partial charge is 0.277 e. The van der Waals surface area contributed by atoms with E-state index in [2.05, 4.69) is 26.1 Å². The first-order valence-electron chi connectivity index (χ1n) is 6.27. The van der Waals surface area contributed by atoms with E-state index in [-0.39, 0.29) is 17.0 Å². The second-order valence-corrected chi connectivity index (χ2v) is 6.90. The number of carbonyl (C=O) groups is 1. The quantitative estimate of drug-likeness (QED) is 0.591. The van der Waals surface area contributed by atoms with Gasteiger partial charge in [0.1, 0.15) is 0 Å². The molecule has 0 N–H and O–H groups in total. The molecule has 106 valence electrons. The molecule has 0 aliphatic rings. The summed E-state index contributed by atoms with van der Waals surface area (Å²) in [6, 6.07) is 7.32. The minimum Gasteiger partial charge on any atom is -0.416 e. The monoisotopic (exact) mass is 354 g/mol. The van der Waals surface area contributed by atoms with Gasteiger partial charge in [0.25, 0.3) is 5.22 Å². The van der Waals surface area contributed by atoms with E-state index in [1.54, 1.807) is 12.1 Å². The molecule has 0 amide bonds. The minimum absolute atomic E-state index is 0.0480. The third-order valence-corrected chi connectivity index (χ3v) is 4.15. The topological polar surface area (TPSA) is 56.0 Å². The third kappa shape index (κ3) is 3.70. The molecule has 1 aromatic heterocycles. The highest BCUT2D eigenvalue weighted by molar-refractivity contribution is 9.10. The second-order valence-electron chi connectivity index (χ2n) is 4.69. The number of hydrogen-bond donors (Lipinski definition) is 0. The summed E-state index contributed by atoms with van der Waals surface area (Å²) in [5, 5.41) is 8.08. The van der Waals surface area contributed by atoms with Crippen LogP contribution in [0.1, 0.15) is 42.9 Å². The Labute approximate surface area is 130 Å². The van der Waals surface area contributed by atoms with Crippen LogP contribution in [0.3, 0.4) is 0 Å². The van der Waals surface area contributed by atoms with Gasteiger partial charge in [0.05, 0.1) is 5.25 Å². The highest BCUT2D eigenvalue weighted by Crippen LogP contribution is 2.26. The molecule has 0 bridgehead atoms. The van der Waals surface area contributed by atoms with Gasteiger partial charge in [-0.15, -0.1) is 10.2 Å². The highest BCUT2D eigenvalue weighted by Gasteiger charge is 2.20. The Hall–Kier alpha value is -1.14. The van der Waals surface area contributed by atoms with Crippen molar-refractivity contribution in [1.82, 2.24) is 10.2 Å². The van der Waals surface area contributed by atoms with Gasteiger partial charge < -0.3 is 4.42 Å². The van der Waals surface area contributed by atoms with Crippen LogP contribution in [0.15, 0.2) is 38.4 Å². The van der Waals surface area contributed by atoms with Crippen LogP contribution in [0, 0.1) is 0 Å². The average Bonchev–Trinajstić information content (AvgIpc) is 2.87. The van der Waals surface area contributed by atoms with Gasteiger partial charge in [-0.3, -0.25) is 4.79 Å². The van der Waals surface area contributed by atoms with Crippen LogP contribution in [0.25, 0.3) is 0 Å². The van der Waals surface area contributed by atoms with Crippen molar-refractivity contribution >= 4 is 33.5 Å². The molecule has 20 heavy (non-hydrogen) atoms. The Morgan fingerprint density at radius 1 is 1.20 bits per heavy atom. The number of hydrogen-bond acceptors (Lipinski definition) is 5. The van der Waals surface area contributed by atoms with Gasteiger partial charge in [0.2, 0.25) is 5.89 Å². The number of benzene rings is 1. The lowest BCUT2D eigenvalue weighted by Crippen LogP contribution is -2.13. The van der Waals surface area contributed by atoms with E-state index in [4.69, 9.17) is 4.42 Å².